The highest BCUT2D eigenvalue weighted by Crippen LogP contribution is 2.21. The number of carbonyl (C=O) groups excluding carboxylic acids is 1. The van der Waals surface area contributed by atoms with Crippen LogP contribution in [0.5, 0.6) is 0 Å². The van der Waals surface area contributed by atoms with E-state index < -0.39 is 0 Å². The Morgan fingerprint density at radius 3 is 2.64 bits per heavy atom. The first-order chi connectivity index (χ1) is 9.61. The van der Waals surface area contributed by atoms with Crippen LogP contribution >= 0.6 is 36.2 Å². The van der Waals surface area contributed by atoms with Crippen LogP contribution in [-0.2, 0) is 0 Å². The van der Waals surface area contributed by atoms with Crippen molar-refractivity contribution in [3.05, 3.63) is 40.2 Å². The lowest BCUT2D eigenvalue weighted by molar-refractivity contribution is 0.0947. The van der Waals surface area contributed by atoms with Crippen LogP contribution in [0.2, 0.25) is 0 Å². The Labute approximate surface area is 147 Å². The molecule has 2 heterocycles. The quantitative estimate of drug-likeness (QED) is 0.858. The minimum Gasteiger partial charge on any atom is -0.352 e. The second kappa shape index (κ2) is 9.79. The number of nitrogens with zero attached hydrogens (tertiary/aromatic N) is 1. The predicted molar refractivity (Wildman–Crippen MR) is 97.3 cm³/mol. The minimum absolute atomic E-state index is 0. The van der Waals surface area contributed by atoms with Gasteiger partial charge in [-0.1, -0.05) is 6.92 Å². The van der Waals surface area contributed by atoms with Crippen LogP contribution in [-0.4, -0.2) is 24.0 Å². The van der Waals surface area contributed by atoms with Crippen molar-refractivity contribution in [1.82, 2.24) is 10.3 Å². The first-order valence-electron chi connectivity index (χ1n) is 6.60. The van der Waals surface area contributed by atoms with Crippen LogP contribution in [0.3, 0.4) is 0 Å². The fraction of sp³-hybridized carbons (Fsp3) is 0.333. The molecule has 0 bridgehead atoms. The fourth-order valence-electron chi connectivity index (χ4n) is 1.82. The standard InChI is InChI=1S/C15H19N3OS.2ClH/c1-10(7-16)8-17-15(19)13-3-4-14(18-11(13)2)12-5-6-20-9-12;;/h3-6,9-10H,7-8,16H2,1-2H3,(H,17,19);2*1H. The van der Waals surface area contributed by atoms with Gasteiger partial charge < -0.3 is 11.1 Å². The van der Waals surface area contributed by atoms with Gasteiger partial charge in [0, 0.05) is 17.5 Å². The van der Waals surface area contributed by atoms with Crippen molar-refractivity contribution in [3.8, 4) is 11.3 Å². The van der Waals surface area contributed by atoms with E-state index in [9.17, 15) is 4.79 Å². The molecular weight excluding hydrogens is 341 g/mol. The summed E-state index contributed by atoms with van der Waals surface area (Å²) < 4.78 is 0. The van der Waals surface area contributed by atoms with Gasteiger partial charge in [0.05, 0.1) is 17.0 Å². The summed E-state index contributed by atoms with van der Waals surface area (Å²) in [4.78, 5) is 16.6. The number of nitrogens with two attached hydrogens (primary N) is 1. The smallest absolute Gasteiger partial charge is 0.253 e. The van der Waals surface area contributed by atoms with Crippen molar-refractivity contribution in [2.45, 2.75) is 13.8 Å². The van der Waals surface area contributed by atoms with Gasteiger partial charge in [0.1, 0.15) is 0 Å². The molecule has 0 spiro atoms. The first-order valence-corrected chi connectivity index (χ1v) is 7.54. The number of carbonyl (C=O) groups is 1. The third kappa shape index (κ3) is 5.25. The van der Waals surface area contributed by atoms with E-state index in [4.69, 9.17) is 5.73 Å². The molecule has 3 N–H and O–H groups in total. The molecule has 4 nitrogen and oxygen atoms in total. The molecule has 7 heteroatoms. The maximum absolute atomic E-state index is 12.1. The average molecular weight is 362 g/mol. The monoisotopic (exact) mass is 361 g/mol. The molecule has 0 aliphatic carbocycles. The molecule has 2 aromatic rings. The molecule has 1 unspecified atom stereocenters. The zero-order chi connectivity index (χ0) is 14.5. The Balaban J connectivity index is 0.00000220. The third-order valence-electron chi connectivity index (χ3n) is 3.16. The van der Waals surface area contributed by atoms with E-state index in [0.717, 1.165) is 17.0 Å². The second-order valence-corrected chi connectivity index (χ2v) is 5.67. The highest BCUT2D eigenvalue weighted by atomic mass is 35.5. The lowest BCUT2D eigenvalue weighted by Gasteiger charge is -2.11. The predicted octanol–water partition coefficient (Wildman–Crippen LogP) is 3.29. The van der Waals surface area contributed by atoms with E-state index in [1.807, 2.05) is 42.8 Å². The molecule has 0 aliphatic rings. The van der Waals surface area contributed by atoms with E-state index >= 15 is 0 Å². The van der Waals surface area contributed by atoms with Gasteiger partial charge in [0.2, 0.25) is 0 Å². The Morgan fingerprint density at radius 1 is 1.36 bits per heavy atom. The van der Waals surface area contributed by atoms with E-state index in [1.54, 1.807) is 11.3 Å². The van der Waals surface area contributed by atoms with Crippen LogP contribution in [0.1, 0.15) is 23.0 Å². The Morgan fingerprint density at radius 2 is 2.09 bits per heavy atom. The average Bonchev–Trinajstić information content (AvgIpc) is 2.98. The molecule has 0 aliphatic heterocycles. The molecule has 0 aromatic carbocycles. The topological polar surface area (TPSA) is 68.0 Å². The summed E-state index contributed by atoms with van der Waals surface area (Å²) in [5.41, 5.74) is 8.88. The molecule has 0 radical (unpaired) electrons. The molecule has 0 saturated heterocycles. The lowest BCUT2D eigenvalue weighted by atomic mass is 10.1. The number of hydrogen-bond acceptors (Lipinski definition) is 4. The number of thiophene rings is 1. The molecule has 0 saturated carbocycles. The SMILES string of the molecule is Cc1nc(-c2ccsc2)ccc1C(=O)NCC(C)CN.Cl.Cl. The van der Waals surface area contributed by atoms with Gasteiger partial charge in [-0.05, 0) is 43.0 Å². The molecule has 2 aromatic heterocycles. The van der Waals surface area contributed by atoms with Crippen molar-refractivity contribution in [2.75, 3.05) is 13.1 Å². The van der Waals surface area contributed by atoms with Crippen molar-refractivity contribution in [2.24, 2.45) is 11.7 Å². The summed E-state index contributed by atoms with van der Waals surface area (Å²) in [5, 5.41) is 6.95. The molecule has 1 atom stereocenters. The zero-order valence-electron chi connectivity index (χ0n) is 12.5. The lowest BCUT2D eigenvalue weighted by Crippen LogP contribution is -2.31. The Bertz CT molecular complexity index is 590. The molecular formula is C15H21Cl2N3OS. The second-order valence-electron chi connectivity index (χ2n) is 4.89. The van der Waals surface area contributed by atoms with Crippen molar-refractivity contribution >= 4 is 42.1 Å². The molecule has 122 valence electrons. The van der Waals surface area contributed by atoms with Gasteiger partial charge in [-0.2, -0.15) is 11.3 Å². The van der Waals surface area contributed by atoms with E-state index in [2.05, 4.69) is 10.3 Å². The highest BCUT2D eigenvalue weighted by molar-refractivity contribution is 7.08. The summed E-state index contributed by atoms with van der Waals surface area (Å²) in [5.74, 6) is 0.185. The largest absolute Gasteiger partial charge is 0.352 e. The molecule has 2 rings (SSSR count). The molecule has 22 heavy (non-hydrogen) atoms. The van der Waals surface area contributed by atoms with Gasteiger partial charge >= 0.3 is 0 Å². The van der Waals surface area contributed by atoms with Gasteiger partial charge in [-0.25, -0.2) is 0 Å². The van der Waals surface area contributed by atoms with E-state index in [-0.39, 0.29) is 36.6 Å². The number of nitrogens with one attached hydrogen (secondary N) is 1. The number of pyridine rings is 1. The van der Waals surface area contributed by atoms with Gasteiger partial charge in [-0.3, -0.25) is 9.78 Å². The number of rotatable bonds is 5. The Hall–Kier alpha value is -1.14. The molecule has 1 amide bonds. The third-order valence-corrected chi connectivity index (χ3v) is 3.84. The van der Waals surface area contributed by atoms with E-state index in [1.165, 1.54) is 0 Å². The zero-order valence-corrected chi connectivity index (χ0v) is 15.0. The summed E-state index contributed by atoms with van der Waals surface area (Å²) in [6.07, 6.45) is 0. The minimum atomic E-state index is -0.0906. The first kappa shape index (κ1) is 20.9. The number of amides is 1. The van der Waals surface area contributed by atoms with Crippen LogP contribution < -0.4 is 11.1 Å². The van der Waals surface area contributed by atoms with Crippen LogP contribution in [0.15, 0.2) is 29.0 Å². The Kier molecular flexibility index (Phi) is 9.28. The summed E-state index contributed by atoms with van der Waals surface area (Å²) >= 11 is 1.63. The van der Waals surface area contributed by atoms with Crippen LogP contribution in [0.25, 0.3) is 11.3 Å². The van der Waals surface area contributed by atoms with Crippen molar-refractivity contribution < 1.29 is 4.79 Å². The van der Waals surface area contributed by atoms with Gasteiger partial charge in [0.15, 0.2) is 0 Å². The number of aromatic nitrogens is 1. The summed E-state index contributed by atoms with van der Waals surface area (Å²) in [7, 11) is 0. The van der Waals surface area contributed by atoms with Crippen molar-refractivity contribution in [3.63, 3.8) is 0 Å². The maximum Gasteiger partial charge on any atom is 0.253 e. The van der Waals surface area contributed by atoms with Crippen molar-refractivity contribution in [1.29, 1.82) is 0 Å². The number of hydrogen-bond donors (Lipinski definition) is 2. The molecule has 0 fully saturated rings. The summed E-state index contributed by atoms with van der Waals surface area (Å²) in [6.45, 7) is 5.01. The van der Waals surface area contributed by atoms with Gasteiger partial charge in [0.25, 0.3) is 5.91 Å². The number of aryl methyl sites for hydroxylation is 1. The van der Waals surface area contributed by atoms with E-state index in [0.29, 0.717) is 18.7 Å². The fourth-order valence-corrected chi connectivity index (χ4v) is 2.47. The maximum atomic E-state index is 12.1. The normalized spacial score (nSPS) is 11.0. The van der Waals surface area contributed by atoms with Gasteiger partial charge in [-0.15, -0.1) is 24.8 Å². The highest BCUT2D eigenvalue weighted by Gasteiger charge is 2.12. The number of halogens is 2. The van der Waals surface area contributed by atoms with Crippen LogP contribution in [0.4, 0.5) is 0 Å². The van der Waals surface area contributed by atoms with Crippen LogP contribution in [0, 0.1) is 12.8 Å². The summed E-state index contributed by atoms with van der Waals surface area (Å²) in [6, 6.07) is 5.74.